The molecule has 0 amide bonds. The van der Waals surface area contributed by atoms with Crippen molar-refractivity contribution in [3.8, 4) is 0 Å². The summed E-state index contributed by atoms with van der Waals surface area (Å²) in [4.78, 5) is 0. The van der Waals surface area contributed by atoms with Crippen molar-refractivity contribution < 1.29 is 0 Å². The van der Waals surface area contributed by atoms with Crippen LogP contribution in [0.5, 0.6) is 0 Å². The Labute approximate surface area is 76.7 Å². The minimum Gasteiger partial charge on any atom is -0.0988 e. The van der Waals surface area contributed by atoms with Gasteiger partial charge in [0, 0.05) is 0 Å². The van der Waals surface area contributed by atoms with Crippen molar-refractivity contribution in [1.82, 2.24) is 0 Å². The van der Waals surface area contributed by atoms with E-state index in [1.807, 2.05) is 6.08 Å². The van der Waals surface area contributed by atoms with E-state index in [9.17, 15) is 0 Å². The predicted molar refractivity (Wildman–Crippen MR) is 57.2 cm³/mol. The lowest BCUT2D eigenvalue weighted by atomic mass is 9.98. The van der Waals surface area contributed by atoms with E-state index in [-0.39, 0.29) is 0 Å². The van der Waals surface area contributed by atoms with E-state index in [1.54, 1.807) is 0 Å². The van der Waals surface area contributed by atoms with Gasteiger partial charge in [-0.25, -0.2) is 0 Å². The SMILES string of the molecule is C=CC(C)=C(C)CC(C)C=CC. The van der Waals surface area contributed by atoms with Crippen molar-refractivity contribution in [3.05, 3.63) is 36.0 Å². The third-order valence-electron chi connectivity index (χ3n) is 2.13. The standard InChI is InChI=1S/C12H20/c1-6-8-10(3)9-12(5)11(4)7-2/h6-8,10H,2,9H2,1,3-5H3. The molecule has 0 radical (unpaired) electrons. The molecule has 0 spiro atoms. The van der Waals surface area contributed by atoms with E-state index in [0.29, 0.717) is 5.92 Å². The molecule has 1 atom stereocenters. The van der Waals surface area contributed by atoms with Gasteiger partial charge < -0.3 is 0 Å². The van der Waals surface area contributed by atoms with Gasteiger partial charge >= 0.3 is 0 Å². The summed E-state index contributed by atoms with van der Waals surface area (Å²) in [5.41, 5.74) is 2.75. The molecule has 0 aliphatic heterocycles. The maximum Gasteiger partial charge on any atom is -0.0225 e. The first-order valence-corrected chi connectivity index (χ1v) is 4.53. The lowest BCUT2D eigenvalue weighted by Gasteiger charge is -2.08. The second kappa shape index (κ2) is 5.82. The molecule has 0 aromatic carbocycles. The molecule has 0 heterocycles. The molecular weight excluding hydrogens is 144 g/mol. The Balaban J connectivity index is 4.16. The lowest BCUT2D eigenvalue weighted by molar-refractivity contribution is 0.711. The smallest absolute Gasteiger partial charge is 0.0225 e. The third kappa shape index (κ3) is 4.17. The van der Waals surface area contributed by atoms with Crippen molar-refractivity contribution in [1.29, 1.82) is 0 Å². The van der Waals surface area contributed by atoms with Gasteiger partial charge in [0.25, 0.3) is 0 Å². The fourth-order valence-electron chi connectivity index (χ4n) is 1.21. The van der Waals surface area contributed by atoms with E-state index in [4.69, 9.17) is 0 Å². The highest BCUT2D eigenvalue weighted by Crippen LogP contribution is 2.16. The summed E-state index contributed by atoms with van der Waals surface area (Å²) < 4.78 is 0. The molecule has 12 heavy (non-hydrogen) atoms. The number of hydrogen-bond donors (Lipinski definition) is 0. The summed E-state index contributed by atoms with van der Waals surface area (Å²) in [5.74, 6) is 0.643. The zero-order chi connectivity index (χ0) is 9.56. The van der Waals surface area contributed by atoms with Gasteiger partial charge in [0.05, 0.1) is 0 Å². The van der Waals surface area contributed by atoms with Crippen LogP contribution in [-0.4, -0.2) is 0 Å². The van der Waals surface area contributed by atoms with Crippen LogP contribution >= 0.6 is 0 Å². The first kappa shape index (κ1) is 11.2. The average molecular weight is 164 g/mol. The highest BCUT2D eigenvalue weighted by Gasteiger charge is 1.99. The van der Waals surface area contributed by atoms with Crippen LogP contribution in [0.1, 0.15) is 34.1 Å². The van der Waals surface area contributed by atoms with Gasteiger partial charge in [-0.3, -0.25) is 0 Å². The molecule has 0 aliphatic carbocycles. The monoisotopic (exact) mass is 164 g/mol. The Morgan fingerprint density at radius 3 is 2.42 bits per heavy atom. The summed E-state index contributed by atoms with van der Waals surface area (Å²) >= 11 is 0. The molecule has 68 valence electrons. The number of hydrogen-bond acceptors (Lipinski definition) is 0. The average Bonchev–Trinajstić information content (AvgIpc) is 2.03. The molecule has 0 N–H and O–H groups in total. The molecule has 0 bridgehead atoms. The summed E-state index contributed by atoms with van der Waals surface area (Å²) in [6.07, 6.45) is 7.42. The third-order valence-corrected chi connectivity index (χ3v) is 2.13. The van der Waals surface area contributed by atoms with Gasteiger partial charge in [-0.05, 0) is 33.1 Å². The van der Waals surface area contributed by atoms with E-state index in [1.165, 1.54) is 11.1 Å². The second-order valence-electron chi connectivity index (χ2n) is 3.37. The van der Waals surface area contributed by atoms with E-state index in [2.05, 4.69) is 46.4 Å². The van der Waals surface area contributed by atoms with E-state index in [0.717, 1.165) is 6.42 Å². The van der Waals surface area contributed by atoms with Crippen LogP contribution in [0.4, 0.5) is 0 Å². The molecule has 0 aromatic rings. The minimum atomic E-state index is 0.643. The number of allylic oxidation sites excluding steroid dienone is 5. The highest BCUT2D eigenvalue weighted by atomic mass is 14.0. The molecule has 0 nitrogen and oxygen atoms in total. The van der Waals surface area contributed by atoms with Crippen LogP contribution < -0.4 is 0 Å². The summed E-state index contributed by atoms with van der Waals surface area (Å²) in [7, 11) is 0. The highest BCUT2D eigenvalue weighted by molar-refractivity contribution is 5.20. The lowest BCUT2D eigenvalue weighted by Crippen LogP contribution is -1.92. The van der Waals surface area contributed by atoms with Crippen LogP contribution in [0, 0.1) is 5.92 Å². The fraction of sp³-hybridized carbons (Fsp3) is 0.500. The molecule has 0 rings (SSSR count). The number of rotatable bonds is 4. The van der Waals surface area contributed by atoms with Crippen molar-refractivity contribution >= 4 is 0 Å². The first-order chi connectivity index (χ1) is 5.61. The van der Waals surface area contributed by atoms with Gasteiger partial charge in [0.2, 0.25) is 0 Å². The maximum absolute atomic E-state index is 3.76. The molecule has 0 saturated carbocycles. The molecule has 0 saturated heterocycles. The Morgan fingerprint density at radius 2 is 2.00 bits per heavy atom. The topological polar surface area (TPSA) is 0 Å². The minimum absolute atomic E-state index is 0.643. The van der Waals surface area contributed by atoms with Crippen LogP contribution in [0.25, 0.3) is 0 Å². The Bertz CT molecular complexity index is 194. The zero-order valence-corrected chi connectivity index (χ0v) is 8.72. The summed E-state index contributed by atoms with van der Waals surface area (Å²) in [5, 5.41) is 0. The largest absolute Gasteiger partial charge is 0.0988 e. The van der Waals surface area contributed by atoms with E-state index >= 15 is 0 Å². The quantitative estimate of drug-likeness (QED) is 0.433. The maximum atomic E-state index is 3.76. The molecule has 0 aliphatic rings. The summed E-state index contributed by atoms with van der Waals surface area (Å²) in [6, 6.07) is 0. The van der Waals surface area contributed by atoms with Crippen molar-refractivity contribution in [3.63, 3.8) is 0 Å². The van der Waals surface area contributed by atoms with Crippen molar-refractivity contribution in [2.24, 2.45) is 5.92 Å². The molecule has 1 unspecified atom stereocenters. The van der Waals surface area contributed by atoms with Gasteiger partial charge in [-0.1, -0.05) is 42.9 Å². The molecular formula is C12H20. The molecule has 0 fully saturated rings. The fourth-order valence-corrected chi connectivity index (χ4v) is 1.21. The summed E-state index contributed by atoms with van der Waals surface area (Å²) in [6.45, 7) is 12.4. The van der Waals surface area contributed by atoms with Crippen LogP contribution in [0.2, 0.25) is 0 Å². The molecule has 0 heteroatoms. The van der Waals surface area contributed by atoms with Gasteiger partial charge in [-0.2, -0.15) is 0 Å². The van der Waals surface area contributed by atoms with Gasteiger partial charge in [-0.15, -0.1) is 0 Å². The first-order valence-electron chi connectivity index (χ1n) is 4.53. The normalized spacial score (nSPS) is 16.0. The van der Waals surface area contributed by atoms with E-state index < -0.39 is 0 Å². The Kier molecular flexibility index (Phi) is 5.44. The van der Waals surface area contributed by atoms with Crippen LogP contribution in [-0.2, 0) is 0 Å². The van der Waals surface area contributed by atoms with Crippen LogP contribution in [0.3, 0.4) is 0 Å². The van der Waals surface area contributed by atoms with Gasteiger partial charge in [0.1, 0.15) is 0 Å². The molecule has 0 aromatic heterocycles. The Morgan fingerprint density at radius 1 is 1.42 bits per heavy atom. The van der Waals surface area contributed by atoms with Gasteiger partial charge in [0.15, 0.2) is 0 Å². The Hall–Kier alpha value is -0.780. The van der Waals surface area contributed by atoms with Crippen molar-refractivity contribution in [2.45, 2.75) is 34.1 Å². The second-order valence-corrected chi connectivity index (χ2v) is 3.37. The van der Waals surface area contributed by atoms with Crippen molar-refractivity contribution in [2.75, 3.05) is 0 Å². The predicted octanol–water partition coefficient (Wildman–Crippen LogP) is 4.11. The van der Waals surface area contributed by atoms with Crippen LogP contribution in [0.15, 0.2) is 36.0 Å². The zero-order valence-electron chi connectivity index (χ0n) is 8.72.